The number of halogens is 3. The summed E-state index contributed by atoms with van der Waals surface area (Å²) in [7, 11) is 0. The molecule has 2 N–H and O–H groups in total. The molecule has 112 valence electrons. The van der Waals surface area contributed by atoms with Crippen LogP contribution < -0.4 is 0 Å². The van der Waals surface area contributed by atoms with E-state index in [1.54, 1.807) is 0 Å². The zero-order valence-electron chi connectivity index (χ0n) is 10.8. The van der Waals surface area contributed by atoms with Crippen LogP contribution in [-0.4, -0.2) is 45.8 Å². The molecule has 0 radical (unpaired) electrons. The summed E-state index contributed by atoms with van der Waals surface area (Å²) in [6, 6.07) is 1.05. The number of likely N-dealkylation sites (tertiary alicyclic amines) is 1. The van der Waals surface area contributed by atoms with E-state index in [1.807, 2.05) is 4.90 Å². The van der Waals surface area contributed by atoms with Gasteiger partial charge in [-0.2, -0.15) is 18.3 Å². The van der Waals surface area contributed by atoms with Gasteiger partial charge in [-0.05, 0) is 25.5 Å². The summed E-state index contributed by atoms with van der Waals surface area (Å²) in [6.45, 7) is 1.77. The molecular formula is C12H16F3N3O2. The van der Waals surface area contributed by atoms with Gasteiger partial charge in [-0.15, -0.1) is 0 Å². The maximum atomic E-state index is 12.5. The predicted octanol–water partition coefficient (Wildman–Crippen LogP) is 2.08. The second-order valence-corrected chi connectivity index (χ2v) is 4.99. The van der Waals surface area contributed by atoms with Gasteiger partial charge in [0.2, 0.25) is 0 Å². The SMILES string of the molecule is O=C(O)CCN1CCCC(c2cc(C(F)(F)F)n[nH]2)C1. The van der Waals surface area contributed by atoms with Crippen molar-refractivity contribution in [3.63, 3.8) is 0 Å². The van der Waals surface area contributed by atoms with Crippen molar-refractivity contribution < 1.29 is 23.1 Å². The molecule has 8 heteroatoms. The van der Waals surface area contributed by atoms with Crippen molar-refractivity contribution in [3.8, 4) is 0 Å². The number of aromatic amines is 1. The maximum Gasteiger partial charge on any atom is 0.435 e. The molecular weight excluding hydrogens is 275 g/mol. The Labute approximate surface area is 113 Å². The molecule has 0 aromatic carbocycles. The van der Waals surface area contributed by atoms with Crippen molar-refractivity contribution in [3.05, 3.63) is 17.5 Å². The Bertz CT molecular complexity index is 473. The number of carbonyl (C=O) groups is 1. The fourth-order valence-electron chi connectivity index (χ4n) is 2.46. The van der Waals surface area contributed by atoms with Gasteiger partial charge >= 0.3 is 12.1 Å². The molecule has 0 amide bonds. The highest BCUT2D eigenvalue weighted by Gasteiger charge is 2.35. The number of piperidine rings is 1. The molecule has 1 atom stereocenters. The quantitative estimate of drug-likeness (QED) is 0.891. The van der Waals surface area contributed by atoms with Gasteiger partial charge in [0.05, 0.1) is 6.42 Å². The lowest BCUT2D eigenvalue weighted by Crippen LogP contribution is -2.35. The van der Waals surface area contributed by atoms with Crippen LogP contribution in [0.5, 0.6) is 0 Å². The third-order valence-electron chi connectivity index (χ3n) is 3.48. The number of aromatic nitrogens is 2. The van der Waals surface area contributed by atoms with Crippen molar-refractivity contribution in [2.45, 2.75) is 31.4 Å². The van der Waals surface area contributed by atoms with E-state index in [9.17, 15) is 18.0 Å². The Balaban J connectivity index is 1.98. The largest absolute Gasteiger partial charge is 0.481 e. The Morgan fingerprint density at radius 1 is 1.55 bits per heavy atom. The fraction of sp³-hybridized carbons (Fsp3) is 0.667. The smallest absolute Gasteiger partial charge is 0.435 e. The maximum absolute atomic E-state index is 12.5. The van der Waals surface area contributed by atoms with Gasteiger partial charge in [0.15, 0.2) is 5.69 Å². The number of rotatable bonds is 4. The molecule has 1 aromatic rings. The van der Waals surface area contributed by atoms with Crippen molar-refractivity contribution in [1.82, 2.24) is 15.1 Å². The number of nitrogens with one attached hydrogen (secondary N) is 1. The summed E-state index contributed by atoms with van der Waals surface area (Å²) in [5, 5.41) is 14.4. The summed E-state index contributed by atoms with van der Waals surface area (Å²) in [5.41, 5.74) is -0.437. The number of hydrogen-bond acceptors (Lipinski definition) is 3. The van der Waals surface area contributed by atoms with Gasteiger partial charge in [-0.1, -0.05) is 0 Å². The highest BCUT2D eigenvalue weighted by Crippen LogP contribution is 2.31. The lowest BCUT2D eigenvalue weighted by Gasteiger charge is -2.31. The second kappa shape index (κ2) is 5.82. The number of hydrogen-bond donors (Lipinski definition) is 2. The molecule has 20 heavy (non-hydrogen) atoms. The molecule has 5 nitrogen and oxygen atoms in total. The normalized spacial score (nSPS) is 21.1. The van der Waals surface area contributed by atoms with Crippen LogP contribution in [-0.2, 0) is 11.0 Å². The molecule has 1 fully saturated rings. The first-order valence-corrected chi connectivity index (χ1v) is 6.43. The van der Waals surface area contributed by atoms with E-state index in [0.717, 1.165) is 25.5 Å². The summed E-state index contributed by atoms with van der Waals surface area (Å²) in [4.78, 5) is 12.5. The van der Waals surface area contributed by atoms with Crippen molar-refractivity contribution >= 4 is 5.97 Å². The highest BCUT2D eigenvalue weighted by atomic mass is 19.4. The van der Waals surface area contributed by atoms with E-state index in [0.29, 0.717) is 18.8 Å². The molecule has 0 aliphatic carbocycles. The monoisotopic (exact) mass is 291 g/mol. The van der Waals surface area contributed by atoms with E-state index in [2.05, 4.69) is 10.2 Å². The van der Waals surface area contributed by atoms with Crippen LogP contribution in [0.15, 0.2) is 6.07 Å². The number of aliphatic carboxylic acids is 1. The van der Waals surface area contributed by atoms with E-state index < -0.39 is 17.8 Å². The summed E-state index contributed by atoms with van der Waals surface area (Å²) in [6.07, 6.45) is -2.77. The summed E-state index contributed by atoms with van der Waals surface area (Å²) in [5.74, 6) is -0.922. The summed E-state index contributed by atoms with van der Waals surface area (Å²) >= 11 is 0. The zero-order valence-corrected chi connectivity index (χ0v) is 10.8. The van der Waals surface area contributed by atoms with Gasteiger partial charge in [0, 0.05) is 24.7 Å². The number of nitrogens with zero attached hydrogens (tertiary/aromatic N) is 2. The van der Waals surface area contributed by atoms with Crippen LogP contribution in [0, 0.1) is 0 Å². The van der Waals surface area contributed by atoms with Gasteiger partial charge in [0.25, 0.3) is 0 Å². The molecule has 1 unspecified atom stereocenters. The topological polar surface area (TPSA) is 69.2 Å². The average Bonchev–Trinajstić information content (AvgIpc) is 2.86. The van der Waals surface area contributed by atoms with Crippen LogP contribution in [0.25, 0.3) is 0 Å². The van der Waals surface area contributed by atoms with E-state index >= 15 is 0 Å². The number of alkyl halides is 3. The minimum atomic E-state index is -4.44. The van der Waals surface area contributed by atoms with Crippen LogP contribution in [0.1, 0.15) is 36.6 Å². The Kier molecular flexibility index (Phi) is 4.32. The van der Waals surface area contributed by atoms with E-state index in [-0.39, 0.29) is 12.3 Å². The lowest BCUT2D eigenvalue weighted by molar-refractivity contribution is -0.141. The first kappa shape index (κ1) is 14.8. The number of carboxylic acids is 1. The molecule has 0 bridgehead atoms. The van der Waals surface area contributed by atoms with Crippen molar-refractivity contribution in [2.24, 2.45) is 0 Å². The average molecular weight is 291 g/mol. The summed E-state index contributed by atoms with van der Waals surface area (Å²) < 4.78 is 37.5. The highest BCUT2D eigenvalue weighted by molar-refractivity contribution is 5.66. The molecule has 1 aromatic heterocycles. The molecule has 2 heterocycles. The minimum Gasteiger partial charge on any atom is -0.481 e. The van der Waals surface area contributed by atoms with Crippen LogP contribution in [0.3, 0.4) is 0 Å². The van der Waals surface area contributed by atoms with Gasteiger partial charge in [-0.3, -0.25) is 9.89 Å². The van der Waals surface area contributed by atoms with Crippen molar-refractivity contribution in [2.75, 3.05) is 19.6 Å². The Morgan fingerprint density at radius 2 is 2.30 bits per heavy atom. The molecule has 1 aliphatic heterocycles. The Morgan fingerprint density at radius 3 is 2.90 bits per heavy atom. The lowest BCUT2D eigenvalue weighted by atomic mass is 9.94. The molecule has 2 rings (SSSR count). The standard InChI is InChI=1S/C12H16F3N3O2/c13-12(14,15)10-6-9(16-17-10)8-2-1-4-18(7-8)5-3-11(19)20/h6,8H,1-5,7H2,(H,16,17)(H,19,20). The van der Waals surface area contributed by atoms with Gasteiger partial charge in [0.1, 0.15) is 0 Å². The van der Waals surface area contributed by atoms with Crippen LogP contribution in [0.4, 0.5) is 13.2 Å². The number of carboxylic acid groups (broad SMARTS) is 1. The van der Waals surface area contributed by atoms with E-state index in [4.69, 9.17) is 5.11 Å². The molecule has 1 aliphatic rings. The predicted molar refractivity (Wildman–Crippen MR) is 64.3 cm³/mol. The number of H-pyrrole nitrogens is 1. The van der Waals surface area contributed by atoms with E-state index in [1.165, 1.54) is 0 Å². The minimum absolute atomic E-state index is 0.0451. The third kappa shape index (κ3) is 3.72. The van der Waals surface area contributed by atoms with Crippen LogP contribution >= 0.6 is 0 Å². The zero-order chi connectivity index (χ0) is 14.8. The fourth-order valence-corrected chi connectivity index (χ4v) is 2.46. The molecule has 0 saturated carbocycles. The molecule has 0 spiro atoms. The van der Waals surface area contributed by atoms with Gasteiger partial charge < -0.3 is 10.0 Å². The third-order valence-corrected chi connectivity index (χ3v) is 3.48. The van der Waals surface area contributed by atoms with Crippen LogP contribution in [0.2, 0.25) is 0 Å². The first-order valence-electron chi connectivity index (χ1n) is 6.43. The van der Waals surface area contributed by atoms with Crippen molar-refractivity contribution in [1.29, 1.82) is 0 Å². The first-order chi connectivity index (χ1) is 9.36. The van der Waals surface area contributed by atoms with Gasteiger partial charge in [-0.25, -0.2) is 0 Å². The Hall–Kier alpha value is -1.57. The second-order valence-electron chi connectivity index (χ2n) is 4.99. The molecule has 1 saturated heterocycles.